The maximum Gasteiger partial charge on any atom is 0.322 e. The van der Waals surface area contributed by atoms with Crippen LogP contribution in [0.25, 0.3) is 0 Å². The van der Waals surface area contributed by atoms with Crippen LogP contribution in [-0.4, -0.2) is 49.9 Å². The molecule has 0 aromatic rings. The maximum absolute atomic E-state index is 11.3. The molecule has 0 aliphatic carbocycles. The third-order valence-electron chi connectivity index (χ3n) is 1.76. The van der Waals surface area contributed by atoms with Gasteiger partial charge in [0.15, 0.2) is 0 Å². The van der Waals surface area contributed by atoms with E-state index in [0.717, 1.165) is 0 Å². The molecule has 0 aliphatic rings. The fourth-order valence-corrected chi connectivity index (χ4v) is 1.07. The molecule has 0 amide bonds. The molecule has 0 aliphatic heterocycles. The SMILES string of the molecule is CCOON(CCC(=O)OCC)CC(=O)OCC. The second-order valence-electron chi connectivity index (χ2n) is 3.20. The molecule has 0 bridgehead atoms. The Labute approximate surface area is 107 Å². The number of hydrogen-bond donors (Lipinski definition) is 0. The first-order valence-corrected chi connectivity index (χ1v) is 5.99. The summed E-state index contributed by atoms with van der Waals surface area (Å²) in [5.41, 5.74) is 0. The average molecular weight is 263 g/mol. The summed E-state index contributed by atoms with van der Waals surface area (Å²) in [5.74, 6) is -0.799. The zero-order chi connectivity index (χ0) is 13.8. The summed E-state index contributed by atoms with van der Waals surface area (Å²) >= 11 is 0. The van der Waals surface area contributed by atoms with Gasteiger partial charge >= 0.3 is 11.9 Å². The highest BCUT2D eigenvalue weighted by Gasteiger charge is 2.15. The van der Waals surface area contributed by atoms with E-state index in [1.807, 2.05) is 0 Å². The largest absolute Gasteiger partial charge is 0.466 e. The lowest BCUT2D eigenvalue weighted by Gasteiger charge is -2.18. The van der Waals surface area contributed by atoms with Crippen molar-refractivity contribution in [2.45, 2.75) is 27.2 Å². The van der Waals surface area contributed by atoms with Gasteiger partial charge in [-0.15, -0.1) is 10.1 Å². The Bertz CT molecular complexity index is 246. The molecule has 0 spiro atoms. The lowest BCUT2D eigenvalue weighted by atomic mass is 10.4. The van der Waals surface area contributed by atoms with Crippen molar-refractivity contribution in [2.75, 3.05) is 32.9 Å². The zero-order valence-corrected chi connectivity index (χ0v) is 11.1. The van der Waals surface area contributed by atoms with Gasteiger partial charge in [-0.3, -0.25) is 9.59 Å². The van der Waals surface area contributed by atoms with Gasteiger partial charge in [0.1, 0.15) is 6.54 Å². The Morgan fingerprint density at radius 1 is 0.944 bits per heavy atom. The summed E-state index contributed by atoms with van der Waals surface area (Å²) in [7, 11) is 0. The van der Waals surface area contributed by atoms with Crippen molar-refractivity contribution in [3.63, 3.8) is 0 Å². The molecule has 7 heteroatoms. The summed E-state index contributed by atoms with van der Waals surface area (Å²) in [5, 5.41) is 1.22. The summed E-state index contributed by atoms with van der Waals surface area (Å²) < 4.78 is 9.55. The lowest BCUT2D eigenvalue weighted by molar-refractivity contribution is -0.422. The molecule has 0 aromatic heterocycles. The van der Waals surface area contributed by atoms with E-state index in [4.69, 9.17) is 19.3 Å². The molecule has 0 heterocycles. The quantitative estimate of drug-likeness (QED) is 0.326. The van der Waals surface area contributed by atoms with E-state index in [1.165, 1.54) is 5.06 Å². The van der Waals surface area contributed by atoms with E-state index in [1.54, 1.807) is 20.8 Å². The topological polar surface area (TPSA) is 74.3 Å². The fraction of sp³-hybridized carbons (Fsp3) is 0.818. The summed E-state index contributed by atoms with van der Waals surface area (Å²) in [6.07, 6.45) is 0.111. The molecule has 0 atom stereocenters. The van der Waals surface area contributed by atoms with Gasteiger partial charge < -0.3 is 9.47 Å². The molecular formula is C11H21NO6. The van der Waals surface area contributed by atoms with Gasteiger partial charge in [-0.1, -0.05) is 0 Å². The number of carbonyl (C=O) groups excluding carboxylic acids is 2. The first-order chi connectivity index (χ1) is 8.63. The van der Waals surface area contributed by atoms with Crippen LogP contribution in [0.15, 0.2) is 0 Å². The Kier molecular flexibility index (Phi) is 10.2. The van der Waals surface area contributed by atoms with Crippen LogP contribution in [0, 0.1) is 0 Å². The van der Waals surface area contributed by atoms with Gasteiger partial charge in [0, 0.05) is 6.54 Å². The average Bonchev–Trinajstić information content (AvgIpc) is 2.33. The Morgan fingerprint density at radius 2 is 1.56 bits per heavy atom. The number of rotatable bonds is 10. The molecule has 0 N–H and O–H groups in total. The summed E-state index contributed by atoms with van der Waals surface area (Å²) in [4.78, 5) is 32.0. The second-order valence-corrected chi connectivity index (χ2v) is 3.20. The van der Waals surface area contributed by atoms with Crippen LogP contribution in [0.5, 0.6) is 0 Å². The van der Waals surface area contributed by atoms with Crippen LogP contribution in [0.4, 0.5) is 0 Å². The number of carbonyl (C=O) groups is 2. The minimum absolute atomic E-state index is 0.104. The second kappa shape index (κ2) is 10.9. The van der Waals surface area contributed by atoms with Crippen molar-refractivity contribution < 1.29 is 28.9 Å². The number of esters is 2. The van der Waals surface area contributed by atoms with Crippen molar-refractivity contribution in [3.8, 4) is 0 Å². The van der Waals surface area contributed by atoms with E-state index in [9.17, 15) is 9.59 Å². The molecule has 0 rings (SSSR count). The van der Waals surface area contributed by atoms with E-state index in [2.05, 4.69) is 0 Å². The van der Waals surface area contributed by atoms with Gasteiger partial charge in [0.25, 0.3) is 0 Å². The Morgan fingerprint density at radius 3 is 2.11 bits per heavy atom. The molecule has 7 nitrogen and oxygen atoms in total. The first kappa shape index (κ1) is 16.8. The zero-order valence-electron chi connectivity index (χ0n) is 11.1. The lowest BCUT2D eigenvalue weighted by Crippen LogP contribution is -2.33. The predicted molar refractivity (Wildman–Crippen MR) is 62.2 cm³/mol. The van der Waals surface area contributed by atoms with Crippen LogP contribution in [-0.2, 0) is 28.9 Å². The highest BCUT2D eigenvalue weighted by molar-refractivity contribution is 5.72. The highest BCUT2D eigenvalue weighted by atomic mass is 17.3. The third-order valence-corrected chi connectivity index (χ3v) is 1.76. The van der Waals surface area contributed by atoms with Gasteiger partial charge in [-0.25, -0.2) is 4.89 Å². The van der Waals surface area contributed by atoms with Crippen molar-refractivity contribution in [1.82, 2.24) is 5.06 Å². The molecule has 18 heavy (non-hydrogen) atoms. The molecule has 106 valence electrons. The number of hydrogen-bond acceptors (Lipinski definition) is 7. The Hall–Kier alpha value is -1.18. The number of hydroxylamine groups is 2. The summed E-state index contributed by atoms with van der Waals surface area (Å²) in [6, 6.07) is 0. The predicted octanol–water partition coefficient (Wildman–Crippen LogP) is 0.688. The molecule has 0 aromatic carbocycles. The van der Waals surface area contributed by atoms with E-state index in [0.29, 0.717) is 19.8 Å². The number of nitrogens with zero attached hydrogens (tertiary/aromatic N) is 1. The van der Waals surface area contributed by atoms with Crippen molar-refractivity contribution in [3.05, 3.63) is 0 Å². The molecular weight excluding hydrogens is 242 g/mol. The van der Waals surface area contributed by atoms with E-state index in [-0.39, 0.29) is 25.5 Å². The van der Waals surface area contributed by atoms with Gasteiger partial charge in [0.2, 0.25) is 0 Å². The van der Waals surface area contributed by atoms with E-state index >= 15 is 0 Å². The van der Waals surface area contributed by atoms with Crippen LogP contribution >= 0.6 is 0 Å². The van der Waals surface area contributed by atoms with Crippen LogP contribution in [0.1, 0.15) is 27.2 Å². The minimum Gasteiger partial charge on any atom is -0.466 e. The molecule has 0 unspecified atom stereocenters. The van der Waals surface area contributed by atoms with Gasteiger partial charge in [-0.2, -0.15) is 0 Å². The van der Waals surface area contributed by atoms with Crippen molar-refractivity contribution in [2.24, 2.45) is 0 Å². The van der Waals surface area contributed by atoms with E-state index < -0.39 is 5.97 Å². The van der Waals surface area contributed by atoms with Crippen molar-refractivity contribution >= 4 is 11.9 Å². The first-order valence-electron chi connectivity index (χ1n) is 5.99. The van der Waals surface area contributed by atoms with Crippen LogP contribution in [0.2, 0.25) is 0 Å². The fourth-order valence-electron chi connectivity index (χ4n) is 1.07. The number of ether oxygens (including phenoxy) is 2. The molecule has 0 radical (unpaired) electrons. The monoisotopic (exact) mass is 263 g/mol. The summed E-state index contributed by atoms with van der Waals surface area (Å²) in [6.45, 7) is 6.22. The van der Waals surface area contributed by atoms with Crippen LogP contribution < -0.4 is 0 Å². The smallest absolute Gasteiger partial charge is 0.322 e. The normalized spacial score (nSPS) is 10.4. The third kappa shape index (κ3) is 8.91. The van der Waals surface area contributed by atoms with Crippen LogP contribution in [0.3, 0.4) is 0 Å². The van der Waals surface area contributed by atoms with Gasteiger partial charge in [0.05, 0.1) is 26.2 Å². The Balaban J connectivity index is 4.05. The maximum atomic E-state index is 11.3. The van der Waals surface area contributed by atoms with Crippen molar-refractivity contribution in [1.29, 1.82) is 0 Å². The molecule has 0 fully saturated rings. The standard InChI is InChI=1S/C11H21NO6/c1-4-15-10(13)7-8-12(18-17-6-3)9-11(14)16-5-2/h4-9H2,1-3H3. The highest BCUT2D eigenvalue weighted by Crippen LogP contribution is 1.98. The van der Waals surface area contributed by atoms with Gasteiger partial charge in [-0.05, 0) is 20.8 Å². The minimum atomic E-state index is -0.443. The molecule has 0 saturated heterocycles. The molecule has 0 saturated carbocycles.